The van der Waals surface area contributed by atoms with Crippen LogP contribution in [0.2, 0.25) is 0 Å². The summed E-state index contributed by atoms with van der Waals surface area (Å²) in [5, 5.41) is 7.36. The number of carbonyl (C=O) groups excluding carboxylic acids is 1. The zero-order valence-corrected chi connectivity index (χ0v) is 17.7. The van der Waals surface area contributed by atoms with Crippen molar-refractivity contribution in [1.29, 1.82) is 0 Å². The topological polar surface area (TPSA) is 97.4 Å². The van der Waals surface area contributed by atoms with Gasteiger partial charge in [0.15, 0.2) is 6.10 Å². The van der Waals surface area contributed by atoms with Crippen molar-refractivity contribution < 1.29 is 9.63 Å². The Bertz CT molecular complexity index is 1010. The molecule has 1 aromatic heterocycles. The van der Waals surface area contributed by atoms with E-state index in [0.29, 0.717) is 12.5 Å². The van der Waals surface area contributed by atoms with Gasteiger partial charge >= 0.3 is 0 Å². The van der Waals surface area contributed by atoms with Gasteiger partial charge in [-0.15, -0.1) is 0 Å². The molecule has 5 rings (SSSR count). The van der Waals surface area contributed by atoms with Crippen LogP contribution in [-0.4, -0.2) is 45.8 Å². The lowest BCUT2D eigenvalue weighted by Crippen LogP contribution is -2.50. The molecule has 31 heavy (non-hydrogen) atoms. The minimum atomic E-state index is -0.435. The van der Waals surface area contributed by atoms with Crippen LogP contribution in [0.5, 0.6) is 0 Å². The van der Waals surface area contributed by atoms with Crippen molar-refractivity contribution in [3.63, 3.8) is 0 Å². The smallest absolute Gasteiger partial charge is 0.253 e. The molecule has 3 fully saturated rings. The van der Waals surface area contributed by atoms with E-state index in [1.165, 1.54) is 0 Å². The Labute approximate surface area is 182 Å². The van der Waals surface area contributed by atoms with Crippen LogP contribution in [0.1, 0.15) is 37.3 Å². The quantitative estimate of drug-likeness (QED) is 0.509. The summed E-state index contributed by atoms with van der Waals surface area (Å²) >= 11 is 0. The molecule has 1 aliphatic carbocycles. The molecular weight excluding hydrogens is 392 g/mol. The predicted octanol–water partition coefficient (Wildman–Crippen LogP) is 1.27. The van der Waals surface area contributed by atoms with Gasteiger partial charge in [-0.05, 0) is 35.8 Å². The van der Waals surface area contributed by atoms with Gasteiger partial charge < -0.3 is 16.0 Å². The fraction of sp³-hybridized carbons (Fsp3) is 0.478. The van der Waals surface area contributed by atoms with Crippen LogP contribution >= 0.6 is 0 Å². The molecule has 2 atom stereocenters. The van der Waals surface area contributed by atoms with Gasteiger partial charge in [-0.3, -0.25) is 14.3 Å². The van der Waals surface area contributed by atoms with Crippen LogP contribution in [0.25, 0.3) is 11.1 Å². The third-order valence-corrected chi connectivity index (χ3v) is 6.89. The number of rotatable bonds is 4. The first kappa shape index (κ1) is 19.9. The van der Waals surface area contributed by atoms with Crippen molar-refractivity contribution >= 4 is 5.91 Å². The van der Waals surface area contributed by atoms with E-state index >= 15 is 0 Å². The van der Waals surface area contributed by atoms with E-state index in [0.717, 1.165) is 49.0 Å². The summed E-state index contributed by atoms with van der Waals surface area (Å²) in [6.45, 7) is 1.61. The third kappa shape index (κ3) is 3.87. The Hall–Kier alpha value is -3.02. The molecule has 3 heterocycles. The minimum absolute atomic E-state index is 0.0144. The lowest BCUT2D eigenvalue weighted by atomic mass is 9.65. The van der Waals surface area contributed by atoms with E-state index in [1.807, 2.05) is 24.3 Å². The van der Waals surface area contributed by atoms with Gasteiger partial charge in [0.05, 0.1) is 12.2 Å². The third-order valence-electron chi connectivity index (χ3n) is 6.89. The summed E-state index contributed by atoms with van der Waals surface area (Å²) < 4.78 is 1.79. The van der Waals surface area contributed by atoms with Gasteiger partial charge in [-0.2, -0.15) is 10.6 Å². The Balaban J connectivity index is 1.16. The summed E-state index contributed by atoms with van der Waals surface area (Å²) in [6.07, 6.45) is 7.19. The van der Waals surface area contributed by atoms with Crippen molar-refractivity contribution in [2.45, 2.75) is 43.9 Å². The number of hydroxylamine groups is 1. The number of nitrogens with one attached hydrogen (secondary N) is 2. The van der Waals surface area contributed by atoms with E-state index in [1.54, 1.807) is 4.68 Å². The number of nitrogens with zero attached hydrogens (tertiary/aromatic N) is 3. The molecule has 2 unspecified atom stereocenters. The molecule has 3 aliphatic rings. The summed E-state index contributed by atoms with van der Waals surface area (Å²) in [5.41, 5.74) is 11.9. The normalized spacial score (nSPS) is 29.5. The fourth-order valence-corrected chi connectivity index (χ4v) is 5.20. The van der Waals surface area contributed by atoms with Crippen LogP contribution in [0, 0.1) is 17.5 Å². The molecule has 2 aromatic rings. The predicted molar refractivity (Wildman–Crippen MR) is 116 cm³/mol. The van der Waals surface area contributed by atoms with Gasteiger partial charge in [0, 0.05) is 56.4 Å². The van der Waals surface area contributed by atoms with Crippen molar-refractivity contribution in [3.8, 4) is 23.2 Å². The molecule has 2 aliphatic heterocycles. The lowest BCUT2D eigenvalue weighted by molar-refractivity contribution is -0.143. The molecule has 1 spiro atoms. The molecular formula is C23H28N6O2. The number of aryl methyl sites for hydroxylation is 1. The highest BCUT2D eigenvalue weighted by molar-refractivity contribution is 5.81. The maximum atomic E-state index is 13.0. The highest BCUT2D eigenvalue weighted by atomic mass is 16.7. The number of likely N-dealkylation sites (tertiary alicyclic amines) is 1. The van der Waals surface area contributed by atoms with Gasteiger partial charge in [0.1, 0.15) is 0 Å². The molecule has 4 N–H and O–H groups in total. The summed E-state index contributed by atoms with van der Waals surface area (Å²) in [5.74, 6) is 0.0945. The molecule has 8 nitrogen and oxygen atoms in total. The fourth-order valence-electron chi connectivity index (χ4n) is 5.20. The minimum Gasteiger partial charge on any atom is -0.358 e. The number of hydrogen-bond acceptors (Lipinski definition) is 6. The molecule has 1 aromatic carbocycles. The summed E-state index contributed by atoms with van der Waals surface area (Å²) in [6, 6.07) is 13.9. The molecule has 162 valence electrons. The Morgan fingerprint density at radius 1 is 1.32 bits per heavy atom. The monoisotopic (exact) mass is 420 g/mol. The second-order valence-corrected chi connectivity index (χ2v) is 9.07. The number of amides is 1. The number of carbonyl (C=O) groups is 1. The number of hydrogen-bond donors (Lipinski definition) is 3. The molecule has 1 saturated carbocycles. The molecule has 2 saturated heterocycles. The van der Waals surface area contributed by atoms with E-state index < -0.39 is 6.10 Å². The second kappa shape index (κ2) is 7.91. The highest BCUT2D eigenvalue weighted by Gasteiger charge is 2.50. The van der Waals surface area contributed by atoms with Gasteiger partial charge in [-0.25, -0.2) is 0 Å². The first-order chi connectivity index (χ1) is 15.0. The number of benzene rings is 1. The zero-order valence-electron chi connectivity index (χ0n) is 17.7. The Morgan fingerprint density at radius 2 is 2.13 bits per heavy atom. The first-order valence-electron chi connectivity index (χ1n) is 10.8. The van der Waals surface area contributed by atoms with Gasteiger partial charge in [0.2, 0.25) is 0 Å². The Kier molecular flexibility index (Phi) is 5.08. The van der Waals surface area contributed by atoms with Crippen molar-refractivity contribution in [2.75, 3.05) is 13.1 Å². The SMILES string of the molecule is Cn1cc(-c2ccc(C3CC(C(=O)N4CCC5(CC(NC#CN)C5)C4)ON3)cc2)cn1. The van der Waals surface area contributed by atoms with Gasteiger partial charge in [0.25, 0.3) is 5.91 Å². The maximum Gasteiger partial charge on any atom is 0.253 e. The highest BCUT2D eigenvalue weighted by Crippen LogP contribution is 2.48. The Morgan fingerprint density at radius 3 is 2.84 bits per heavy atom. The van der Waals surface area contributed by atoms with E-state index in [2.05, 4.69) is 52.2 Å². The molecule has 0 bridgehead atoms. The summed E-state index contributed by atoms with van der Waals surface area (Å²) in [4.78, 5) is 20.7. The van der Waals surface area contributed by atoms with Crippen LogP contribution < -0.4 is 16.5 Å². The average Bonchev–Trinajstić information content (AvgIpc) is 3.50. The van der Waals surface area contributed by atoms with Crippen molar-refractivity contribution in [1.82, 2.24) is 25.5 Å². The van der Waals surface area contributed by atoms with Crippen LogP contribution in [-0.2, 0) is 16.7 Å². The van der Waals surface area contributed by atoms with E-state index in [4.69, 9.17) is 10.6 Å². The molecule has 8 heteroatoms. The first-order valence-corrected chi connectivity index (χ1v) is 10.8. The molecule has 1 amide bonds. The van der Waals surface area contributed by atoms with Crippen LogP contribution in [0.3, 0.4) is 0 Å². The van der Waals surface area contributed by atoms with Crippen molar-refractivity contribution in [2.24, 2.45) is 18.2 Å². The standard InChI is InChI=1S/C23H28N6O2/c1-28-14-18(13-26-28)16-2-4-17(5-3-16)20-10-21(31-27-20)22(30)29-9-6-23(15-29)11-19(12-23)25-8-7-24/h2-5,13-14,19-21,25,27H,6,9-12,15,24H2,1H3. The van der Waals surface area contributed by atoms with Crippen LogP contribution in [0.4, 0.5) is 0 Å². The maximum absolute atomic E-state index is 13.0. The van der Waals surface area contributed by atoms with Crippen molar-refractivity contribution in [3.05, 3.63) is 42.2 Å². The number of nitrogens with two attached hydrogens (primary N) is 1. The van der Waals surface area contributed by atoms with Gasteiger partial charge in [-0.1, -0.05) is 24.3 Å². The van der Waals surface area contributed by atoms with Crippen LogP contribution in [0.15, 0.2) is 36.7 Å². The zero-order chi connectivity index (χ0) is 21.4. The van der Waals surface area contributed by atoms with E-state index in [9.17, 15) is 4.79 Å². The lowest BCUT2D eigenvalue weighted by Gasteiger charge is -2.44. The average molecular weight is 421 g/mol. The number of aromatic nitrogens is 2. The largest absolute Gasteiger partial charge is 0.358 e. The summed E-state index contributed by atoms with van der Waals surface area (Å²) in [7, 11) is 1.91. The van der Waals surface area contributed by atoms with E-state index in [-0.39, 0.29) is 17.4 Å². The second-order valence-electron chi connectivity index (χ2n) is 9.07. The molecule has 0 radical (unpaired) electrons.